The first kappa shape index (κ1) is 15.3. The minimum Gasteiger partial charge on any atom is -0.394 e. The highest BCUT2D eigenvalue weighted by Gasteiger charge is 2.34. The van der Waals surface area contributed by atoms with Crippen LogP contribution < -0.4 is 10.6 Å². The summed E-state index contributed by atoms with van der Waals surface area (Å²) in [5.41, 5.74) is 0.918. The van der Waals surface area contributed by atoms with Crippen LogP contribution in [0.3, 0.4) is 0 Å². The standard InChI is InChI=1S/C17H25N3O2/c21-12-16(14-4-2-1-3-5-14)19-17(22)18-10-13-8-9-20(11-13)15-6-7-15/h1-5,13,15-16,21H,6-12H2,(H2,18,19,22)/t13-,16-/m1/s1. The number of carbonyl (C=O) groups excluding carboxylic acids is 1. The molecule has 0 spiro atoms. The number of urea groups is 1. The van der Waals surface area contributed by atoms with Gasteiger partial charge in [0.2, 0.25) is 0 Å². The van der Waals surface area contributed by atoms with Gasteiger partial charge in [-0.25, -0.2) is 4.79 Å². The Bertz CT molecular complexity index is 490. The molecule has 0 radical (unpaired) electrons. The van der Waals surface area contributed by atoms with Crippen LogP contribution >= 0.6 is 0 Å². The molecular formula is C17H25N3O2. The molecule has 3 N–H and O–H groups in total. The fraction of sp³-hybridized carbons (Fsp3) is 0.588. The molecule has 1 aromatic carbocycles. The van der Waals surface area contributed by atoms with E-state index in [1.54, 1.807) is 0 Å². The maximum absolute atomic E-state index is 12.0. The molecule has 1 heterocycles. The van der Waals surface area contributed by atoms with Gasteiger partial charge in [-0.15, -0.1) is 0 Å². The molecule has 1 aliphatic heterocycles. The van der Waals surface area contributed by atoms with Crippen molar-refractivity contribution in [3.63, 3.8) is 0 Å². The Kier molecular flexibility index (Phi) is 4.95. The number of hydrogen-bond donors (Lipinski definition) is 3. The van der Waals surface area contributed by atoms with Crippen molar-refractivity contribution < 1.29 is 9.90 Å². The van der Waals surface area contributed by atoms with Crippen LogP contribution in [-0.2, 0) is 0 Å². The van der Waals surface area contributed by atoms with Gasteiger partial charge < -0.3 is 20.6 Å². The minimum atomic E-state index is -0.354. The number of nitrogens with one attached hydrogen (secondary N) is 2. The van der Waals surface area contributed by atoms with Crippen molar-refractivity contribution in [1.82, 2.24) is 15.5 Å². The van der Waals surface area contributed by atoms with E-state index < -0.39 is 0 Å². The van der Waals surface area contributed by atoms with Crippen molar-refractivity contribution in [2.45, 2.75) is 31.3 Å². The molecule has 0 aromatic heterocycles. The molecule has 0 unspecified atom stereocenters. The summed E-state index contributed by atoms with van der Waals surface area (Å²) in [5, 5.41) is 15.3. The number of carbonyl (C=O) groups is 1. The molecule has 2 aliphatic rings. The predicted octanol–water partition coefficient (Wildman–Crippen LogP) is 1.50. The summed E-state index contributed by atoms with van der Waals surface area (Å²) in [6.07, 6.45) is 3.85. The maximum Gasteiger partial charge on any atom is 0.315 e. The number of likely N-dealkylation sites (tertiary alicyclic amines) is 1. The highest BCUT2D eigenvalue weighted by molar-refractivity contribution is 5.74. The first-order chi connectivity index (χ1) is 10.8. The summed E-state index contributed by atoms with van der Waals surface area (Å²) in [5.74, 6) is 0.552. The lowest BCUT2D eigenvalue weighted by molar-refractivity contribution is 0.215. The van der Waals surface area contributed by atoms with Gasteiger partial charge in [0.1, 0.15) is 0 Å². The predicted molar refractivity (Wildman–Crippen MR) is 85.5 cm³/mol. The summed E-state index contributed by atoms with van der Waals surface area (Å²) in [6.45, 7) is 2.88. The number of hydrogen-bond acceptors (Lipinski definition) is 3. The quantitative estimate of drug-likeness (QED) is 0.746. The van der Waals surface area contributed by atoms with E-state index in [1.807, 2.05) is 30.3 Å². The summed E-state index contributed by atoms with van der Waals surface area (Å²) in [7, 11) is 0. The van der Waals surface area contributed by atoms with E-state index in [1.165, 1.54) is 25.8 Å². The van der Waals surface area contributed by atoms with Gasteiger partial charge in [-0.05, 0) is 37.3 Å². The Hall–Kier alpha value is -1.59. The highest BCUT2D eigenvalue weighted by Crippen LogP contribution is 2.31. The second-order valence-corrected chi connectivity index (χ2v) is 6.38. The Morgan fingerprint density at radius 2 is 2.05 bits per heavy atom. The number of benzene rings is 1. The second kappa shape index (κ2) is 7.11. The van der Waals surface area contributed by atoms with Crippen LogP contribution in [-0.4, -0.2) is 48.3 Å². The number of rotatable bonds is 6. The van der Waals surface area contributed by atoms with E-state index in [0.29, 0.717) is 12.5 Å². The topological polar surface area (TPSA) is 64.6 Å². The summed E-state index contributed by atoms with van der Waals surface area (Å²) >= 11 is 0. The lowest BCUT2D eigenvalue weighted by atomic mass is 10.1. The third kappa shape index (κ3) is 3.99. The molecule has 5 nitrogen and oxygen atoms in total. The zero-order chi connectivity index (χ0) is 15.4. The molecule has 0 bridgehead atoms. The fourth-order valence-corrected chi connectivity index (χ4v) is 3.17. The van der Waals surface area contributed by atoms with E-state index in [2.05, 4.69) is 15.5 Å². The van der Waals surface area contributed by atoms with Gasteiger partial charge in [-0.1, -0.05) is 30.3 Å². The van der Waals surface area contributed by atoms with Crippen molar-refractivity contribution in [3.05, 3.63) is 35.9 Å². The smallest absolute Gasteiger partial charge is 0.315 e. The number of nitrogens with zero attached hydrogens (tertiary/aromatic N) is 1. The van der Waals surface area contributed by atoms with Crippen LogP contribution in [0.2, 0.25) is 0 Å². The van der Waals surface area contributed by atoms with E-state index in [9.17, 15) is 9.90 Å². The van der Waals surface area contributed by atoms with Crippen LogP contribution in [0, 0.1) is 5.92 Å². The molecule has 2 atom stereocenters. The van der Waals surface area contributed by atoms with Crippen LogP contribution in [0.15, 0.2) is 30.3 Å². The molecule has 1 saturated heterocycles. The van der Waals surface area contributed by atoms with Crippen molar-refractivity contribution in [1.29, 1.82) is 0 Å². The van der Waals surface area contributed by atoms with Crippen LogP contribution in [0.25, 0.3) is 0 Å². The lowest BCUT2D eigenvalue weighted by Crippen LogP contribution is -2.41. The minimum absolute atomic E-state index is 0.101. The third-order valence-corrected chi connectivity index (χ3v) is 4.62. The Labute approximate surface area is 131 Å². The zero-order valence-electron chi connectivity index (χ0n) is 12.9. The van der Waals surface area contributed by atoms with Crippen LogP contribution in [0.5, 0.6) is 0 Å². The highest BCUT2D eigenvalue weighted by atomic mass is 16.3. The molecule has 1 aromatic rings. The largest absolute Gasteiger partial charge is 0.394 e. The number of amides is 2. The van der Waals surface area contributed by atoms with Gasteiger partial charge in [0.25, 0.3) is 0 Å². The summed E-state index contributed by atoms with van der Waals surface area (Å²) in [4.78, 5) is 14.6. The summed E-state index contributed by atoms with van der Waals surface area (Å²) < 4.78 is 0. The van der Waals surface area contributed by atoms with Gasteiger partial charge in [0.15, 0.2) is 0 Å². The van der Waals surface area contributed by atoms with Gasteiger partial charge in [-0.2, -0.15) is 0 Å². The van der Waals surface area contributed by atoms with Crippen LogP contribution in [0.1, 0.15) is 30.9 Å². The molecule has 22 heavy (non-hydrogen) atoms. The van der Waals surface area contributed by atoms with Gasteiger partial charge in [0.05, 0.1) is 12.6 Å². The average Bonchev–Trinajstić information content (AvgIpc) is 3.30. The zero-order valence-corrected chi connectivity index (χ0v) is 12.9. The Morgan fingerprint density at radius 3 is 2.73 bits per heavy atom. The molecule has 1 aliphatic carbocycles. The second-order valence-electron chi connectivity index (χ2n) is 6.38. The molecule has 1 saturated carbocycles. The maximum atomic E-state index is 12.0. The van der Waals surface area contributed by atoms with E-state index in [4.69, 9.17) is 0 Å². The van der Waals surface area contributed by atoms with Crippen molar-refractivity contribution >= 4 is 6.03 Å². The van der Waals surface area contributed by atoms with Gasteiger partial charge >= 0.3 is 6.03 Å². The Balaban J connectivity index is 1.42. The number of aliphatic hydroxyl groups excluding tert-OH is 1. The normalized spacial score (nSPS) is 23.2. The molecular weight excluding hydrogens is 278 g/mol. The van der Waals surface area contributed by atoms with Crippen molar-refractivity contribution in [2.75, 3.05) is 26.2 Å². The van der Waals surface area contributed by atoms with Gasteiger partial charge in [0, 0.05) is 19.1 Å². The molecule has 5 heteroatoms. The average molecular weight is 303 g/mol. The first-order valence-corrected chi connectivity index (χ1v) is 8.20. The first-order valence-electron chi connectivity index (χ1n) is 8.20. The lowest BCUT2D eigenvalue weighted by Gasteiger charge is -2.19. The molecule has 120 valence electrons. The fourth-order valence-electron chi connectivity index (χ4n) is 3.17. The Morgan fingerprint density at radius 1 is 1.27 bits per heavy atom. The van der Waals surface area contributed by atoms with E-state index >= 15 is 0 Å². The SMILES string of the molecule is O=C(NC[C@H]1CCN(C2CC2)C1)N[C@H](CO)c1ccccc1. The third-order valence-electron chi connectivity index (χ3n) is 4.62. The summed E-state index contributed by atoms with van der Waals surface area (Å²) in [6, 6.07) is 9.81. The van der Waals surface area contributed by atoms with Crippen LogP contribution in [0.4, 0.5) is 4.79 Å². The van der Waals surface area contributed by atoms with Crippen molar-refractivity contribution in [2.24, 2.45) is 5.92 Å². The molecule has 2 fully saturated rings. The molecule has 3 rings (SSSR count). The van der Waals surface area contributed by atoms with Crippen molar-refractivity contribution in [3.8, 4) is 0 Å². The van der Waals surface area contributed by atoms with E-state index in [-0.39, 0.29) is 18.7 Å². The van der Waals surface area contributed by atoms with E-state index in [0.717, 1.165) is 18.2 Å². The number of aliphatic hydroxyl groups is 1. The molecule has 2 amide bonds. The van der Waals surface area contributed by atoms with Gasteiger partial charge in [-0.3, -0.25) is 0 Å². The monoisotopic (exact) mass is 303 g/mol.